The zero-order valence-corrected chi connectivity index (χ0v) is 19.1. The fourth-order valence-corrected chi connectivity index (χ4v) is 3.36. The van der Waals surface area contributed by atoms with Crippen LogP contribution >= 0.6 is 55.7 Å². The van der Waals surface area contributed by atoms with E-state index in [0.29, 0.717) is 26.6 Å². The predicted molar refractivity (Wildman–Crippen MR) is 117 cm³/mol. The molecule has 2 rings (SSSR count). The third-order valence-corrected chi connectivity index (χ3v) is 4.82. The first kappa shape index (κ1) is 22.4. The van der Waals surface area contributed by atoms with Gasteiger partial charge in [0.2, 0.25) is 0 Å². The molecule has 0 aliphatic heterocycles. The second kappa shape index (κ2) is 10.6. The summed E-state index contributed by atoms with van der Waals surface area (Å²) in [6.45, 7) is -0.303. The molecule has 2 aromatic carbocycles. The largest absolute Gasteiger partial charge is 0.496 e. The van der Waals surface area contributed by atoms with Gasteiger partial charge in [0.1, 0.15) is 11.5 Å². The summed E-state index contributed by atoms with van der Waals surface area (Å²) in [6, 6.07) is 9.82. The summed E-state index contributed by atoms with van der Waals surface area (Å²) >= 11 is 17.5. The van der Waals surface area contributed by atoms with Crippen LogP contribution in [0.15, 0.2) is 45.3 Å². The van der Waals surface area contributed by atoms with E-state index in [1.165, 1.54) is 7.11 Å². The number of nitrogens with one attached hydrogen (secondary N) is 3. The lowest BCUT2D eigenvalue weighted by Crippen LogP contribution is -2.49. The van der Waals surface area contributed by atoms with Crippen molar-refractivity contribution in [3.63, 3.8) is 0 Å². The van der Waals surface area contributed by atoms with Crippen LogP contribution in [0.25, 0.3) is 0 Å². The average molecular weight is 552 g/mol. The van der Waals surface area contributed by atoms with E-state index in [1.54, 1.807) is 36.4 Å². The Morgan fingerprint density at radius 2 is 1.82 bits per heavy atom. The van der Waals surface area contributed by atoms with E-state index in [2.05, 4.69) is 48.0 Å². The van der Waals surface area contributed by atoms with Crippen molar-refractivity contribution >= 4 is 72.6 Å². The maximum atomic E-state index is 12.1. The van der Waals surface area contributed by atoms with Gasteiger partial charge in [0.15, 0.2) is 11.7 Å². The van der Waals surface area contributed by atoms with E-state index < -0.39 is 11.8 Å². The minimum Gasteiger partial charge on any atom is -0.496 e. The summed E-state index contributed by atoms with van der Waals surface area (Å²) in [6.07, 6.45) is 0. The standard InChI is InChI=1S/C17H14Br2ClN3O4S/c1-26-13-4-2-9(6-11(13)19)16(25)22-23-17(28)21-15(24)8-27-14-5-3-10(18)7-12(14)20/h2-7H,8H2,1H3,(H,22,25)(H2,21,23,24,28). The van der Waals surface area contributed by atoms with E-state index in [-0.39, 0.29) is 11.7 Å². The molecule has 11 heteroatoms. The van der Waals surface area contributed by atoms with Gasteiger partial charge in [-0.1, -0.05) is 27.5 Å². The molecule has 0 aromatic heterocycles. The van der Waals surface area contributed by atoms with Gasteiger partial charge >= 0.3 is 0 Å². The molecule has 0 bridgehead atoms. The number of hydrazine groups is 1. The van der Waals surface area contributed by atoms with Gasteiger partial charge in [-0.05, 0) is 64.5 Å². The highest BCUT2D eigenvalue weighted by atomic mass is 79.9. The summed E-state index contributed by atoms with van der Waals surface area (Å²) < 4.78 is 11.9. The monoisotopic (exact) mass is 549 g/mol. The molecule has 0 aliphatic carbocycles. The number of benzene rings is 2. The number of hydrogen-bond donors (Lipinski definition) is 3. The first-order valence-corrected chi connectivity index (χ1v) is 9.99. The third kappa shape index (κ3) is 6.62. The van der Waals surface area contributed by atoms with Gasteiger partial charge in [0.05, 0.1) is 16.6 Å². The van der Waals surface area contributed by atoms with E-state index in [4.69, 9.17) is 33.3 Å². The lowest BCUT2D eigenvalue weighted by molar-refractivity contribution is -0.121. The van der Waals surface area contributed by atoms with Gasteiger partial charge in [0.25, 0.3) is 11.8 Å². The Kier molecular flexibility index (Phi) is 8.49. The fourth-order valence-electron chi connectivity index (χ4n) is 1.92. The Bertz CT molecular complexity index is 914. The molecule has 2 amide bonds. The molecular formula is C17H14Br2ClN3O4S. The second-order valence-electron chi connectivity index (χ2n) is 5.17. The molecule has 2 aromatic rings. The van der Waals surface area contributed by atoms with Crippen LogP contribution in [0.2, 0.25) is 5.02 Å². The summed E-state index contributed by atoms with van der Waals surface area (Å²) in [7, 11) is 1.52. The molecule has 3 N–H and O–H groups in total. The summed E-state index contributed by atoms with van der Waals surface area (Å²) in [5, 5.41) is 2.65. The number of amides is 2. The van der Waals surface area contributed by atoms with Crippen LogP contribution in [0.5, 0.6) is 11.5 Å². The number of ether oxygens (including phenoxy) is 2. The minimum absolute atomic E-state index is 0.0866. The first-order chi connectivity index (χ1) is 13.3. The van der Waals surface area contributed by atoms with Crippen LogP contribution in [-0.2, 0) is 4.79 Å². The maximum absolute atomic E-state index is 12.1. The molecule has 148 valence electrons. The summed E-state index contributed by atoms with van der Waals surface area (Å²) in [4.78, 5) is 24.0. The lowest BCUT2D eigenvalue weighted by atomic mass is 10.2. The number of thiocarbonyl (C=S) groups is 1. The highest BCUT2D eigenvalue weighted by Crippen LogP contribution is 2.27. The van der Waals surface area contributed by atoms with Crippen molar-refractivity contribution in [2.75, 3.05) is 13.7 Å². The molecule has 7 nitrogen and oxygen atoms in total. The maximum Gasteiger partial charge on any atom is 0.269 e. The molecular weight excluding hydrogens is 538 g/mol. The smallest absolute Gasteiger partial charge is 0.269 e. The number of hydrogen-bond acceptors (Lipinski definition) is 5. The highest BCUT2D eigenvalue weighted by molar-refractivity contribution is 9.10. The zero-order valence-electron chi connectivity index (χ0n) is 14.3. The molecule has 0 atom stereocenters. The van der Waals surface area contributed by atoms with Crippen molar-refractivity contribution in [2.45, 2.75) is 0 Å². The van der Waals surface area contributed by atoms with Crippen LogP contribution in [0, 0.1) is 0 Å². The van der Waals surface area contributed by atoms with E-state index >= 15 is 0 Å². The number of halogens is 3. The Labute approximate surface area is 188 Å². The first-order valence-electron chi connectivity index (χ1n) is 7.61. The molecule has 0 spiro atoms. The van der Waals surface area contributed by atoms with E-state index in [9.17, 15) is 9.59 Å². The number of carbonyl (C=O) groups is 2. The van der Waals surface area contributed by atoms with Gasteiger partial charge in [0, 0.05) is 10.0 Å². The van der Waals surface area contributed by atoms with Crippen molar-refractivity contribution in [1.29, 1.82) is 0 Å². The lowest BCUT2D eigenvalue weighted by Gasteiger charge is -2.12. The summed E-state index contributed by atoms with van der Waals surface area (Å²) in [5.74, 6) is -0.00813. The third-order valence-electron chi connectivity index (χ3n) is 3.21. The molecule has 0 saturated carbocycles. The highest BCUT2D eigenvalue weighted by Gasteiger charge is 2.11. The normalized spacial score (nSPS) is 10.0. The van der Waals surface area contributed by atoms with Crippen LogP contribution in [-0.4, -0.2) is 30.6 Å². The zero-order chi connectivity index (χ0) is 20.7. The Morgan fingerprint density at radius 1 is 1.11 bits per heavy atom. The van der Waals surface area contributed by atoms with Crippen molar-refractivity contribution < 1.29 is 19.1 Å². The van der Waals surface area contributed by atoms with Crippen molar-refractivity contribution in [3.05, 3.63) is 55.9 Å². The quantitative estimate of drug-likeness (QED) is 0.389. The van der Waals surface area contributed by atoms with Crippen LogP contribution < -0.4 is 25.6 Å². The minimum atomic E-state index is -0.516. The molecule has 0 radical (unpaired) electrons. The fraction of sp³-hybridized carbons (Fsp3) is 0.118. The summed E-state index contributed by atoms with van der Waals surface area (Å²) in [5.41, 5.74) is 5.19. The average Bonchev–Trinajstić information content (AvgIpc) is 2.65. The van der Waals surface area contributed by atoms with Crippen LogP contribution in [0.3, 0.4) is 0 Å². The van der Waals surface area contributed by atoms with Crippen molar-refractivity contribution in [2.24, 2.45) is 0 Å². The van der Waals surface area contributed by atoms with Crippen molar-refractivity contribution in [3.8, 4) is 11.5 Å². The van der Waals surface area contributed by atoms with Gasteiger partial charge < -0.3 is 9.47 Å². The van der Waals surface area contributed by atoms with Gasteiger partial charge in [-0.2, -0.15) is 0 Å². The Balaban J connectivity index is 1.79. The second-order valence-corrected chi connectivity index (χ2v) is 7.75. The molecule has 0 unspecified atom stereocenters. The SMILES string of the molecule is COc1ccc(C(=O)NNC(=S)NC(=O)COc2ccc(Br)cc2Cl)cc1Br. The van der Waals surface area contributed by atoms with Gasteiger partial charge in [-0.25, -0.2) is 0 Å². The number of rotatable bonds is 5. The van der Waals surface area contributed by atoms with Crippen molar-refractivity contribution in [1.82, 2.24) is 16.2 Å². The van der Waals surface area contributed by atoms with E-state index in [1.807, 2.05) is 0 Å². The number of methoxy groups -OCH3 is 1. The molecule has 0 aliphatic rings. The number of carbonyl (C=O) groups excluding carboxylic acids is 2. The van der Waals surface area contributed by atoms with Crippen LogP contribution in [0.4, 0.5) is 0 Å². The molecule has 0 saturated heterocycles. The molecule has 0 fully saturated rings. The van der Waals surface area contributed by atoms with Gasteiger partial charge in [-0.15, -0.1) is 0 Å². The topological polar surface area (TPSA) is 88.7 Å². The Hall–Kier alpha value is -1.88. The molecule has 0 heterocycles. The van der Waals surface area contributed by atoms with E-state index in [0.717, 1.165) is 4.47 Å². The van der Waals surface area contributed by atoms with Gasteiger partial charge in [-0.3, -0.25) is 25.8 Å². The molecule has 28 heavy (non-hydrogen) atoms. The Morgan fingerprint density at radius 3 is 2.46 bits per heavy atom. The van der Waals surface area contributed by atoms with Crippen LogP contribution in [0.1, 0.15) is 10.4 Å². The predicted octanol–water partition coefficient (Wildman–Crippen LogP) is 3.59.